The van der Waals surface area contributed by atoms with Crippen LogP contribution in [0, 0.1) is 0 Å². The van der Waals surface area contributed by atoms with Gasteiger partial charge < -0.3 is 4.74 Å². The van der Waals surface area contributed by atoms with Gasteiger partial charge in [0.05, 0.1) is 11.0 Å². The highest BCUT2D eigenvalue weighted by atomic mass is 35.5. The minimum atomic E-state index is -3.46. The van der Waals surface area contributed by atoms with Crippen molar-refractivity contribution in [3.8, 4) is 0 Å². The van der Waals surface area contributed by atoms with Crippen molar-refractivity contribution in [2.24, 2.45) is 0 Å². The summed E-state index contributed by atoms with van der Waals surface area (Å²) in [7, 11) is -1.92. The molecular formula is C12H18ClNO3S. The van der Waals surface area contributed by atoms with Crippen LogP contribution in [0.3, 0.4) is 0 Å². The first-order valence-corrected chi connectivity index (χ1v) is 7.68. The zero-order valence-electron chi connectivity index (χ0n) is 10.5. The summed E-state index contributed by atoms with van der Waals surface area (Å²) < 4.78 is 31.3. The van der Waals surface area contributed by atoms with E-state index in [0.717, 1.165) is 12.0 Å². The number of aryl methyl sites for hydroxylation is 1. The average molecular weight is 292 g/mol. The van der Waals surface area contributed by atoms with Crippen LogP contribution in [0.5, 0.6) is 0 Å². The van der Waals surface area contributed by atoms with Gasteiger partial charge in [-0.3, -0.25) is 0 Å². The van der Waals surface area contributed by atoms with E-state index < -0.39 is 10.0 Å². The molecule has 0 saturated carbocycles. The monoisotopic (exact) mass is 291 g/mol. The lowest BCUT2D eigenvalue weighted by Gasteiger charge is -2.11. The quantitative estimate of drug-likeness (QED) is 0.779. The second kappa shape index (κ2) is 7.09. The third-order valence-corrected chi connectivity index (χ3v) is 4.21. The van der Waals surface area contributed by atoms with Crippen molar-refractivity contribution >= 4 is 21.6 Å². The predicted octanol–water partition coefficient (Wildman–Crippen LogP) is 1.78. The van der Waals surface area contributed by atoms with Crippen LogP contribution >= 0.6 is 11.6 Å². The van der Waals surface area contributed by atoms with Crippen LogP contribution in [0.15, 0.2) is 29.2 Å². The minimum Gasteiger partial charge on any atom is -0.380 e. The molecule has 102 valence electrons. The van der Waals surface area contributed by atoms with Crippen LogP contribution in [-0.2, 0) is 21.2 Å². The highest BCUT2D eigenvalue weighted by Gasteiger charge is 2.14. The Balaban J connectivity index is 2.72. The maximum Gasteiger partial charge on any atom is 0.240 e. The van der Waals surface area contributed by atoms with Crippen molar-refractivity contribution < 1.29 is 13.2 Å². The Morgan fingerprint density at radius 2 is 1.94 bits per heavy atom. The predicted molar refractivity (Wildman–Crippen MR) is 72.5 cm³/mol. The SMILES string of the molecule is COC(C)CNS(=O)(=O)c1ccc(CCCl)cc1. The zero-order chi connectivity index (χ0) is 13.6. The summed E-state index contributed by atoms with van der Waals surface area (Å²) in [6.45, 7) is 2.05. The van der Waals surface area contributed by atoms with E-state index in [-0.39, 0.29) is 17.5 Å². The summed E-state index contributed by atoms with van der Waals surface area (Å²) in [6.07, 6.45) is 0.575. The molecule has 1 atom stereocenters. The molecule has 0 radical (unpaired) electrons. The molecule has 0 aliphatic heterocycles. The molecule has 1 aromatic carbocycles. The summed E-state index contributed by atoms with van der Waals surface area (Å²) in [5, 5.41) is 0. The Morgan fingerprint density at radius 3 is 2.44 bits per heavy atom. The van der Waals surface area contributed by atoms with E-state index in [1.807, 2.05) is 0 Å². The second-order valence-electron chi connectivity index (χ2n) is 3.98. The van der Waals surface area contributed by atoms with Crippen molar-refractivity contribution in [3.63, 3.8) is 0 Å². The fourth-order valence-corrected chi connectivity index (χ4v) is 2.67. The largest absolute Gasteiger partial charge is 0.380 e. The lowest BCUT2D eigenvalue weighted by atomic mass is 10.2. The van der Waals surface area contributed by atoms with Gasteiger partial charge in [0, 0.05) is 19.5 Å². The first-order valence-electron chi connectivity index (χ1n) is 5.67. The normalized spacial score (nSPS) is 13.5. The summed E-state index contributed by atoms with van der Waals surface area (Å²) in [5.74, 6) is 0.524. The average Bonchev–Trinajstić information content (AvgIpc) is 2.37. The maximum atomic E-state index is 11.9. The molecule has 1 unspecified atom stereocenters. The third-order valence-electron chi connectivity index (χ3n) is 2.58. The lowest BCUT2D eigenvalue weighted by molar-refractivity contribution is 0.122. The molecular weight excluding hydrogens is 274 g/mol. The number of ether oxygens (including phenoxy) is 1. The van der Waals surface area contributed by atoms with Crippen LogP contribution < -0.4 is 4.72 Å². The number of sulfonamides is 1. The van der Waals surface area contributed by atoms with Gasteiger partial charge in [-0.1, -0.05) is 12.1 Å². The smallest absolute Gasteiger partial charge is 0.240 e. The number of benzene rings is 1. The molecule has 1 N–H and O–H groups in total. The third kappa shape index (κ3) is 4.57. The number of rotatable bonds is 7. The molecule has 1 rings (SSSR count). The molecule has 0 aliphatic rings. The number of hydrogen-bond acceptors (Lipinski definition) is 3. The van der Waals surface area contributed by atoms with Crippen LogP contribution in [0.4, 0.5) is 0 Å². The van der Waals surface area contributed by atoms with Crippen LogP contribution in [0.1, 0.15) is 12.5 Å². The topological polar surface area (TPSA) is 55.4 Å². The van der Waals surface area contributed by atoms with Gasteiger partial charge in [0.15, 0.2) is 0 Å². The highest BCUT2D eigenvalue weighted by Crippen LogP contribution is 2.11. The highest BCUT2D eigenvalue weighted by molar-refractivity contribution is 7.89. The summed E-state index contributed by atoms with van der Waals surface area (Å²) in [4.78, 5) is 0.254. The minimum absolute atomic E-state index is 0.157. The standard InChI is InChI=1S/C12H18ClNO3S/c1-10(17-2)9-14-18(15,16)12-5-3-11(4-6-12)7-8-13/h3-6,10,14H,7-9H2,1-2H3. The summed E-state index contributed by atoms with van der Waals surface area (Å²) in [5.41, 5.74) is 1.02. The lowest BCUT2D eigenvalue weighted by Crippen LogP contribution is -2.31. The van der Waals surface area contributed by atoms with Gasteiger partial charge in [0.1, 0.15) is 0 Å². The number of halogens is 1. The van der Waals surface area contributed by atoms with Crippen molar-refractivity contribution in [2.45, 2.75) is 24.3 Å². The molecule has 0 saturated heterocycles. The van der Waals surface area contributed by atoms with Crippen molar-refractivity contribution in [3.05, 3.63) is 29.8 Å². The van der Waals surface area contributed by atoms with E-state index >= 15 is 0 Å². The first kappa shape index (κ1) is 15.4. The van der Waals surface area contributed by atoms with Crippen molar-refractivity contribution in [1.82, 2.24) is 4.72 Å². The van der Waals surface area contributed by atoms with Gasteiger partial charge in [-0.15, -0.1) is 11.6 Å². The molecule has 1 aromatic rings. The molecule has 4 nitrogen and oxygen atoms in total. The number of alkyl halides is 1. The van der Waals surface area contributed by atoms with E-state index in [1.165, 1.54) is 0 Å². The molecule has 0 aliphatic carbocycles. The van der Waals surface area contributed by atoms with Crippen LogP contribution in [-0.4, -0.2) is 34.1 Å². The molecule has 0 spiro atoms. The zero-order valence-corrected chi connectivity index (χ0v) is 12.1. The molecule has 0 amide bonds. The van der Waals surface area contributed by atoms with Gasteiger partial charge in [-0.05, 0) is 31.0 Å². The number of nitrogens with one attached hydrogen (secondary N) is 1. The van der Waals surface area contributed by atoms with Crippen molar-refractivity contribution in [1.29, 1.82) is 0 Å². The molecule has 18 heavy (non-hydrogen) atoms. The molecule has 6 heteroatoms. The van der Waals surface area contributed by atoms with Gasteiger partial charge >= 0.3 is 0 Å². The van der Waals surface area contributed by atoms with Crippen LogP contribution in [0.2, 0.25) is 0 Å². The van der Waals surface area contributed by atoms with E-state index in [2.05, 4.69) is 4.72 Å². The van der Waals surface area contributed by atoms with E-state index in [9.17, 15) is 8.42 Å². The van der Waals surface area contributed by atoms with Gasteiger partial charge in [-0.25, -0.2) is 13.1 Å². The van der Waals surface area contributed by atoms with E-state index in [1.54, 1.807) is 38.3 Å². The van der Waals surface area contributed by atoms with Gasteiger partial charge in [-0.2, -0.15) is 0 Å². The Morgan fingerprint density at radius 1 is 1.33 bits per heavy atom. The van der Waals surface area contributed by atoms with Gasteiger partial charge in [0.2, 0.25) is 10.0 Å². The molecule has 0 bridgehead atoms. The van der Waals surface area contributed by atoms with E-state index in [4.69, 9.17) is 16.3 Å². The summed E-state index contributed by atoms with van der Waals surface area (Å²) >= 11 is 5.62. The van der Waals surface area contributed by atoms with Crippen molar-refractivity contribution in [2.75, 3.05) is 19.5 Å². The Hall–Kier alpha value is -0.620. The Bertz CT molecular complexity index is 459. The fraction of sp³-hybridized carbons (Fsp3) is 0.500. The van der Waals surface area contributed by atoms with E-state index in [0.29, 0.717) is 5.88 Å². The molecule has 0 heterocycles. The van der Waals surface area contributed by atoms with Crippen LogP contribution in [0.25, 0.3) is 0 Å². The Labute approximate surface area is 113 Å². The number of hydrogen-bond donors (Lipinski definition) is 1. The Kier molecular flexibility index (Phi) is 6.08. The second-order valence-corrected chi connectivity index (χ2v) is 6.13. The summed E-state index contributed by atoms with van der Waals surface area (Å²) in [6, 6.07) is 6.72. The first-order chi connectivity index (χ1) is 8.49. The van der Waals surface area contributed by atoms with Gasteiger partial charge in [0.25, 0.3) is 0 Å². The molecule has 0 aromatic heterocycles. The maximum absolute atomic E-state index is 11.9. The fourth-order valence-electron chi connectivity index (χ4n) is 1.34. The molecule has 0 fully saturated rings. The number of methoxy groups -OCH3 is 1.